The minimum Gasteiger partial charge on any atom is -0.355 e. The molecule has 1 heterocycles. The summed E-state index contributed by atoms with van der Waals surface area (Å²) < 4.78 is 40.8. The number of anilines is 1. The number of rotatable bonds is 11. The quantitative estimate of drug-likeness (QED) is 0.237. The SMILES string of the molecule is C=CN(CC)N1CCCC1(C)/C(C)=C(\C)C(=C)Nc1ccc(C(F)(F)F)cc1C(/C=C/CC)=C/N=C\C. The van der Waals surface area contributed by atoms with Crippen LogP contribution in [0.5, 0.6) is 0 Å². The molecule has 0 saturated carbocycles. The minimum atomic E-state index is -4.46. The highest BCUT2D eigenvalue weighted by atomic mass is 19.4. The molecule has 1 saturated heterocycles. The second-order valence-electron chi connectivity index (χ2n) is 9.35. The zero-order chi connectivity index (χ0) is 27.8. The Bertz CT molecular complexity index is 1090. The van der Waals surface area contributed by atoms with Crippen molar-refractivity contribution in [2.24, 2.45) is 4.99 Å². The first-order valence-corrected chi connectivity index (χ1v) is 12.8. The van der Waals surface area contributed by atoms with E-state index in [0.29, 0.717) is 22.5 Å². The summed E-state index contributed by atoms with van der Waals surface area (Å²) in [5, 5.41) is 7.80. The van der Waals surface area contributed by atoms with Gasteiger partial charge >= 0.3 is 6.18 Å². The van der Waals surface area contributed by atoms with Gasteiger partial charge in [0.1, 0.15) is 0 Å². The smallest absolute Gasteiger partial charge is 0.355 e. The fraction of sp³-hybridized carbons (Fsp3) is 0.433. The molecule has 1 unspecified atom stereocenters. The van der Waals surface area contributed by atoms with Crippen LogP contribution in [0.2, 0.25) is 0 Å². The largest absolute Gasteiger partial charge is 0.416 e. The maximum Gasteiger partial charge on any atom is 0.416 e. The fourth-order valence-corrected chi connectivity index (χ4v) is 4.70. The predicted molar refractivity (Wildman–Crippen MR) is 151 cm³/mol. The first kappa shape index (κ1) is 30.2. The van der Waals surface area contributed by atoms with E-state index < -0.39 is 11.7 Å². The number of hydrazine groups is 1. The van der Waals surface area contributed by atoms with Crippen LogP contribution in [-0.4, -0.2) is 34.9 Å². The molecule has 1 fully saturated rings. The lowest BCUT2D eigenvalue weighted by atomic mass is 9.86. The molecule has 1 atom stereocenters. The molecule has 1 N–H and O–H groups in total. The number of hydrogen-bond acceptors (Lipinski definition) is 4. The molecule has 7 heteroatoms. The monoisotopic (exact) mass is 514 g/mol. The lowest BCUT2D eigenvalue weighted by Gasteiger charge is -2.43. The number of allylic oxidation sites excluding steroid dienone is 4. The van der Waals surface area contributed by atoms with Crippen LogP contribution < -0.4 is 5.32 Å². The molecule has 1 aromatic carbocycles. The van der Waals surface area contributed by atoms with Gasteiger partial charge in [-0.15, -0.1) is 0 Å². The summed E-state index contributed by atoms with van der Waals surface area (Å²) >= 11 is 0. The third-order valence-electron chi connectivity index (χ3n) is 7.11. The van der Waals surface area contributed by atoms with Crippen molar-refractivity contribution in [2.75, 3.05) is 18.4 Å². The van der Waals surface area contributed by atoms with Crippen LogP contribution >= 0.6 is 0 Å². The maximum atomic E-state index is 13.6. The number of aliphatic imine (C=N–C) groups is 1. The van der Waals surface area contributed by atoms with E-state index in [0.717, 1.165) is 49.6 Å². The van der Waals surface area contributed by atoms with Gasteiger partial charge in [-0.3, -0.25) is 4.99 Å². The molecule has 1 aliphatic rings. The molecule has 2 rings (SSSR count). The average molecular weight is 515 g/mol. The molecule has 1 aromatic rings. The summed E-state index contributed by atoms with van der Waals surface area (Å²) in [5.41, 5.74) is 3.38. The van der Waals surface area contributed by atoms with Crippen LogP contribution in [0, 0.1) is 0 Å². The van der Waals surface area contributed by atoms with Crippen molar-refractivity contribution >= 4 is 17.5 Å². The van der Waals surface area contributed by atoms with E-state index in [-0.39, 0.29) is 5.54 Å². The number of benzene rings is 1. The molecule has 0 bridgehead atoms. The van der Waals surface area contributed by atoms with E-state index >= 15 is 0 Å². The van der Waals surface area contributed by atoms with Crippen LogP contribution in [0.15, 0.2) is 77.7 Å². The Kier molecular flexibility index (Phi) is 10.6. The van der Waals surface area contributed by atoms with Crippen molar-refractivity contribution in [3.8, 4) is 0 Å². The Morgan fingerprint density at radius 3 is 2.54 bits per heavy atom. The lowest BCUT2D eigenvalue weighted by Crippen LogP contribution is -2.50. The molecule has 1 aliphatic heterocycles. The molecule has 0 aliphatic carbocycles. The van der Waals surface area contributed by atoms with Crippen molar-refractivity contribution < 1.29 is 13.2 Å². The number of nitrogens with zero attached hydrogens (tertiary/aromatic N) is 3. The number of alkyl halides is 3. The number of halogens is 3. The Labute approximate surface area is 220 Å². The third-order valence-corrected chi connectivity index (χ3v) is 7.11. The molecular formula is C30H41F3N4. The van der Waals surface area contributed by atoms with E-state index in [2.05, 4.69) is 54.3 Å². The van der Waals surface area contributed by atoms with Crippen LogP contribution in [0.3, 0.4) is 0 Å². The molecular weight excluding hydrogens is 473 g/mol. The van der Waals surface area contributed by atoms with Gasteiger partial charge in [0.15, 0.2) is 0 Å². The van der Waals surface area contributed by atoms with Crippen molar-refractivity contribution in [3.63, 3.8) is 0 Å². The summed E-state index contributed by atoms with van der Waals surface area (Å²) in [4.78, 5) is 4.18. The van der Waals surface area contributed by atoms with E-state index in [4.69, 9.17) is 0 Å². The molecule has 37 heavy (non-hydrogen) atoms. The summed E-state index contributed by atoms with van der Waals surface area (Å²) in [7, 11) is 0. The lowest BCUT2D eigenvalue weighted by molar-refractivity contribution is -0.137. The first-order valence-electron chi connectivity index (χ1n) is 12.8. The van der Waals surface area contributed by atoms with E-state index in [1.54, 1.807) is 25.4 Å². The molecule has 4 nitrogen and oxygen atoms in total. The molecule has 0 amide bonds. The second kappa shape index (κ2) is 13.0. The fourth-order valence-electron chi connectivity index (χ4n) is 4.70. The summed E-state index contributed by atoms with van der Waals surface area (Å²) in [6, 6.07) is 3.73. The number of nitrogens with one attached hydrogen (secondary N) is 1. The Morgan fingerprint density at radius 1 is 1.27 bits per heavy atom. The predicted octanol–water partition coefficient (Wildman–Crippen LogP) is 8.60. The highest BCUT2D eigenvalue weighted by molar-refractivity contribution is 5.84. The van der Waals surface area contributed by atoms with Crippen LogP contribution in [0.1, 0.15) is 71.9 Å². The Hall–Kier alpha value is -3.06. The minimum absolute atomic E-state index is 0.216. The maximum absolute atomic E-state index is 13.6. The third kappa shape index (κ3) is 7.04. The van der Waals surface area contributed by atoms with E-state index in [1.807, 2.05) is 26.1 Å². The summed E-state index contributed by atoms with van der Waals surface area (Å²) in [6.45, 7) is 22.2. The molecule has 0 spiro atoms. The summed E-state index contributed by atoms with van der Waals surface area (Å²) in [5.74, 6) is 0. The zero-order valence-electron chi connectivity index (χ0n) is 23.0. The van der Waals surface area contributed by atoms with Gasteiger partial charge in [-0.25, -0.2) is 5.01 Å². The number of hydrogen-bond donors (Lipinski definition) is 1. The molecule has 0 aromatic heterocycles. The van der Waals surface area contributed by atoms with Gasteiger partial charge in [-0.05, 0) is 83.2 Å². The highest BCUT2D eigenvalue weighted by Crippen LogP contribution is 2.40. The normalized spacial score (nSPS) is 20.0. The van der Waals surface area contributed by atoms with Gasteiger partial charge in [0, 0.05) is 54.2 Å². The van der Waals surface area contributed by atoms with Gasteiger partial charge in [0.05, 0.1) is 11.1 Å². The molecule has 202 valence electrons. The van der Waals surface area contributed by atoms with Crippen molar-refractivity contribution in [3.05, 3.63) is 83.9 Å². The summed E-state index contributed by atoms with van der Waals surface area (Å²) in [6.07, 6.45) is 7.08. The average Bonchev–Trinajstić information content (AvgIpc) is 3.26. The van der Waals surface area contributed by atoms with Gasteiger partial charge < -0.3 is 10.3 Å². The van der Waals surface area contributed by atoms with Crippen LogP contribution in [0.4, 0.5) is 18.9 Å². The Morgan fingerprint density at radius 2 is 1.97 bits per heavy atom. The van der Waals surface area contributed by atoms with Gasteiger partial charge in [-0.1, -0.05) is 32.2 Å². The van der Waals surface area contributed by atoms with Crippen LogP contribution in [0.25, 0.3) is 5.57 Å². The van der Waals surface area contributed by atoms with Crippen molar-refractivity contribution in [2.45, 2.75) is 72.5 Å². The van der Waals surface area contributed by atoms with Crippen molar-refractivity contribution in [1.82, 2.24) is 10.0 Å². The van der Waals surface area contributed by atoms with E-state index in [9.17, 15) is 13.2 Å². The Balaban J connectivity index is 2.55. The topological polar surface area (TPSA) is 30.9 Å². The first-order chi connectivity index (χ1) is 17.4. The van der Waals surface area contributed by atoms with E-state index in [1.165, 1.54) is 12.1 Å². The van der Waals surface area contributed by atoms with Gasteiger partial charge in [0.2, 0.25) is 0 Å². The highest BCUT2D eigenvalue weighted by Gasteiger charge is 2.41. The zero-order valence-corrected chi connectivity index (χ0v) is 23.0. The standard InChI is InChI=1S/C30H41F3N4/c1-9-13-15-25(21-34-10-2)27-20-26(30(31,32)33)16-17-28(27)35-24(7)22(5)23(6)29(8)18-14-19-37(29)36(11-3)12-4/h10-11,13,15-17,20-21,35H,3,7,9,12,14,18-19H2,1-2,4-6,8H3/b15-13+,23-22+,25-21+,34-10-. The molecule has 0 radical (unpaired) electrons. The second-order valence-corrected chi connectivity index (χ2v) is 9.35. The van der Waals surface area contributed by atoms with Crippen LogP contribution in [-0.2, 0) is 6.18 Å². The van der Waals surface area contributed by atoms with Gasteiger partial charge in [-0.2, -0.15) is 13.2 Å². The van der Waals surface area contributed by atoms with Gasteiger partial charge in [0.25, 0.3) is 0 Å². The van der Waals surface area contributed by atoms with Crippen molar-refractivity contribution in [1.29, 1.82) is 0 Å².